The Morgan fingerprint density at radius 1 is 0.966 bits per heavy atom. The topological polar surface area (TPSA) is 87.6 Å². The molecule has 2 aromatic carbocycles. The Labute approximate surface area is 169 Å². The molecule has 1 aromatic heterocycles. The van der Waals surface area contributed by atoms with Gasteiger partial charge in [0.1, 0.15) is 0 Å². The number of nitrogens with one attached hydrogen (secondary N) is 2. The largest absolute Gasteiger partial charge is 0.378 e. The molecule has 0 unspecified atom stereocenters. The number of anilines is 4. The minimum absolute atomic E-state index is 0.379. The summed E-state index contributed by atoms with van der Waals surface area (Å²) < 4.78 is 5.44. The number of morpholine rings is 1. The van der Waals surface area contributed by atoms with Gasteiger partial charge in [-0.15, -0.1) is 0 Å². The van der Waals surface area contributed by atoms with Gasteiger partial charge in [0, 0.05) is 18.8 Å². The van der Waals surface area contributed by atoms with Gasteiger partial charge in [-0.1, -0.05) is 42.5 Å². The molecule has 2 N–H and O–H groups in total. The monoisotopic (exact) mass is 389 g/mol. The number of aromatic nitrogens is 3. The minimum Gasteiger partial charge on any atom is -0.378 e. The van der Waals surface area contributed by atoms with Crippen molar-refractivity contribution in [3.63, 3.8) is 0 Å². The van der Waals surface area contributed by atoms with Gasteiger partial charge in [-0.25, -0.2) is 5.43 Å². The molecule has 29 heavy (non-hydrogen) atoms. The van der Waals surface area contributed by atoms with Crippen molar-refractivity contribution >= 4 is 29.7 Å². The lowest BCUT2D eigenvalue weighted by Crippen LogP contribution is -2.37. The molecule has 0 spiro atoms. The molecule has 4 rings (SSSR count). The third-order valence-corrected chi connectivity index (χ3v) is 4.37. The molecule has 1 aliphatic rings. The quantitative estimate of drug-likeness (QED) is 0.494. The van der Waals surface area contributed by atoms with Crippen LogP contribution in [0.15, 0.2) is 59.7 Å². The molecule has 1 fully saturated rings. The molecule has 0 bridgehead atoms. The highest BCUT2D eigenvalue weighted by molar-refractivity contribution is 5.79. The van der Waals surface area contributed by atoms with Crippen LogP contribution in [-0.2, 0) is 4.74 Å². The zero-order valence-electron chi connectivity index (χ0n) is 16.2. The van der Waals surface area contributed by atoms with Crippen LogP contribution in [0.4, 0.5) is 23.5 Å². The van der Waals surface area contributed by atoms with E-state index in [1.807, 2.05) is 61.5 Å². The molecule has 8 nitrogen and oxygen atoms in total. The maximum atomic E-state index is 5.44. The van der Waals surface area contributed by atoms with E-state index in [-0.39, 0.29) is 0 Å². The van der Waals surface area contributed by atoms with Crippen molar-refractivity contribution in [1.29, 1.82) is 0 Å². The first-order chi connectivity index (χ1) is 14.3. The van der Waals surface area contributed by atoms with Crippen LogP contribution in [0.2, 0.25) is 0 Å². The summed E-state index contributed by atoms with van der Waals surface area (Å²) in [6.07, 6.45) is 1.73. The van der Waals surface area contributed by atoms with E-state index in [1.165, 1.54) is 0 Å². The first kappa shape index (κ1) is 18.8. The molecule has 0 amide bonds. The van der Waals surface area contributed by atoms with Gasteiger partial charge in [-0.3, -0.25) is 0 Å². The Morgan fingerprint density at radius 2 is 1.76 bits per heavy atom. The third-order valence-electron chi connectivity index (χ3n) is 4.37. The maximum absolute atomic E-state index is 5.44. The molecule has 148 valence electrons. The van der Waals surface area contributed by atoms with Crippen LogP contribution < -0.4 is 15.6 Å². The zero-order chi connectivity index (χ0) is 19.9. The van der Waals surface area contributed by atoms with Gasteiger partial charge in [0.25, 0.3) is 0 Å². The Kier molecular flexibility index (Phi) is 5.92. The number of rotatable bonds is 6. The fraction of sp³-hybridized carbons (Fsp3) is 0.238. The van der Waals surface area contributed by atoms with Gasteiger partial charge in [-0.05, 0) is 30.2 Å². The molecule has 0 atom stereocenters. The van der Waals surface area contributed by atoms with Crippen molar-refractivity contribution in [3.8, 4) is 0 Å². The number of ether oxygens (including phenoxy) is 1. The summed E-state index contributed by atoms with van der Waals surface area (Å²) in [6.45, 7) is 4.83. The number of hydrogen-bond acceptors (Lipinski definition) is 8. The Bertz CT molecular complexity index is 972. The zero-order valence-corrected chi connectivity index (χ0v) is 16.2. The van der Waals surface area contributed by atoms with Crippen molar-refractivity contribution < 1.29 is 4.74 Å². The fourth-order valence-electron chi connectivity index (χ4n) is 2.93. The first-order valence-corrected chi connectivity index (χ1v) is 9.53. The lowest BCUT2D eigenvalue weighted by molar-refractivity contribution is 0.122. The van der Waals surface area contributed by atoms with Crippen LogP contribution in [-0.4, -0.2) is 47.5 Å². The van der Waals surface area contributed by atoms with Crippen molar-refractivity contribution in [2.45, 2.75) is 6.92 Å². The number of nitrogens with zero attached hydrogens (tertiary/aromatic N) is 5. The van der Waals surface area contributed by atoms with Gasteiger partial charge >= 0.3 is 0 Å². The lowest BCUT2D eigenvalue weighted by atomic mass is 10.2. The summed E-state index contributed by atoms with van der Waals surface area (Å²) in [5.74, 6) is 1.43. The second-order valence-corrected chi connectivity index (χ2v) is 6.66. The summed E-state index contributed by atoms with van der Waals surface area (Å²) >= 11 is 0. The van der Waals surface area contributed by atoms with Gasteiger partial charge in [0.15, 0.2) is 0 Å². The maximum Gasteiger partial charge on any atom is 0.250 e. The normalized spacial score (nSPS) is 14.2. The van der Waals surface area contributed by atoms with Crippen molar-refractivity contribution in [3.05, 3.63) is 65.7 Å². The summed E-state index contributed by atoms with van der Waals surface area (Å²) in [6, 6.07) is 17.9. The van der Waals surface area contributed by atoms with Crippen LogP contribution in [0.25, 0.3) is 0 Å². The number of aryl methyl sites for hydroxylation is 1. The molecular formula is C21H23N7O. The average molecular weight is 389 g/mol. The molecule has 3 aromatic rings. The lowest BCUT2D eigenvalue weighted by Gasteiger charge is -2.27. The Morgan fingerprint density at radius 3 is 2.55 bits per heavy atom. The van der Waals surface area contributed by atoms with E-state index < -0.39 is 0 Å². The van der Waals surface area contributed by atoms with Crippen LogP contribution in [0, 0.1) is 6.92 Å². The van der Waals surface area contributed by atoms with Gasteiger partial charge in [0.05, 0.1) is 19.4 Å². The van der Waals surface area contributed by atoms with Crippen molar-refractivity contribution in [2.75, 3.05) is 41.9 Å². The predicted octanol–water partition coefficient (Wildman–Crippen LogP) is 3.21. The Balaban J connectivity index is 1.57. The molecule has 0 saturated carbocycles. The van der Waals surface area contributed by atoms with Crippen LogP contribution in [0.1, 0.15) is 11.1 Å². The molecule has 2 heterocycles. The highest BCUT2D eigenvalue weighted by Crippen LogP contribution is 2.19. The van der Waals surface area contributed by atoms with Crippen LogP contribution >= 0.6 is 0 Å². The number of benzene rings is 2. The minimum atomic E-state index is 0.379. The van der Waals surface area contributed by atoms with E-state index in [9.17, 15) is 0 Å². The fourth-order valence-corrected chi connectivity index (χ4v) is 2.93. The van der Waals surface area contributed by atoms with E-state index >= 15 is 0 Å². The van der Waals surface area contributed by atoms with E-state index in [0.717, 1.165) is 29.9 Å². The van der Waals surface area contributed by atoms with Gasteiger partial charge < -0.3 is 15.0 Å². The second-order valence-electron chi connectivity index (χ2n) is 6.66. The molecule has 1 saturated heterocycles. The summed E-state index contributed by atoms with van der Waals surface area (Å²) in [7, 11) is 0. The first-order valence-electron chi connectivity index (χ1n) is 9.53. The highest BCUT2D eigenvalue weighted by atomic mass is 16.5. The molecule has 0 radical (unpaired) electrons. The number of hydrogen-bond donors (Lipinski definition) is 2. The predicted molar refractivity (Wildman–Crippen MR) is 115 cm³/mol. The highest BCUT2D eigenvalue weighted by Gasteiger charge is 2.16. The molecular weight excluding hydrogens is 366 g/mol. The second kappa shape index (κ2) is 9.11. The molecule has 0 aliphatic carbocycles. The average Bonchev–Trinajstić information content (AvgIpc) is 2.75. The number of hydrazone groups is 1. The van der Waals surface area contributed by atoms with Crippen LogP contribution in [0.5, 0.6) is 0 Å². The van der Waals surface area contributed by atoms with Gasteiger partial charge in [0.2, 0.25) is 17.8 Å². The van der Waals surface area contributed by atoms with E-state index in [0.29, 0.717) is 31.1 Å². The molecule has 1 aliphatic heterocycles. The molecule has 8 heteroatoms. The van der Waals surface area contributed by atoms with E-state index in [2.05, 4.69) is 35.7 Å². The summed E-state index contributed by atoms with van der Waals surface area (Å²) in [5, 5.41) is 7.52. The SMILES string of the molecule is Cc1cccc(Nc2nc(N/N=C/c3ccccc3)nc(N3CCOCC3)n2)c1. The summed E-state index contributed by atoms with van der Waals surface area (Å²) in [4.78, 5) is 15.7. The van der Waals surface area contributed by atoms with Crippen LogP contribution in [0.3, 0.4) is 0 Å². The van der Waals surface area contributed by atoms with E-state index in [4.69, 9.17) is 4.74 Å². The van der Waals surface area contributed by atoms with Crippen molar-refractivity contribution in [2.24, 2.45) is 5.10 Å². The van der Waals surface area contributed by atoms with Gasteiger partial charge in [-0.2, -0.15) is 20.1 Å². The summed E-state index contributed by atoms with van der Waals surface area (Å²) in [5.41, 5.74) is 5.98. The smallest absolute Gasteiger partial charge is 0.250 e. The third kappa shape index (κ3) is 5.26. The standard InChI is InChI=1S/C21H23N7O/c1-16-6-5-9-18(14-16)23-19-24-20(27-22-15-17-7-3-2-4-8-17)26-21(25-19)28-10-12-29-13-11-28/h2-9,14-15H,10-13H2,1H3,(H2,23,24,25,26,27)/b22-15+. The van der Waals surface area contributed by atoms with Crippen molar-refractivity contribution in [1.82, 2.24) is 15.0 Å². The Hall–Kier alpha value is -3.52. The van der Waals surface area contributed by atoms with E-state index in [1.54, 1.807) is 6.21 Å².